The lowest BCUT2D eigenvalue weighted by Gasteiger charge is -2.31. The molecule has 0 aliphatic heterocycles. The molecule has 4 heteroatoms. The molecule has 0 N–H and O–H groups in total. The van der Waals surface area contributed by atoms with Crippen LogP contribution in [0.4, 0.5) is 0 Å². The molecular weight excluding hydrogens is 232 g/mol. The first kappa shape index (κ1) is 16.9. The lowest BCUT2D eigenvalue weighted by molar-refractivity contribution is -0.163. The third-order valence-electron chi connectivity index (χ3n) is 2.69. The summed E-state index contributed by atoms with van der Waals surface area (Å²) >= 11 is 0. The summed E-state index contributed by atoms with van der Waals surface area (Å²) in [7, 11) is 0. The molecule has 18 heavy (non-hydrogen) atoms. The molecular formula is C14H26O4. The van der Waals surface area contributed by atoms with Gasteiger partial charge in [0, 0.05) is 12.8 Å². The SMILES string of the molecule is CCC(=O)OC(C)(C)CCC(C)(C)OC(=O)CC. The first-order valence-electron chi connectivity index (χ1n) is 6.55. The van der Waals surface area contributed by atoms with E-state index in [1.807, 2.05) is 27.7 Å². The first-order valence-corrected chi connectivity index (χ1v) is 6.55. The van der Waals surface area contributed by atoms with Crippen molar-refractivity contribution >= 4 is 11.9 Å². The van der Waals surface area contributed by atoms with Crippen molar-refractivity contribution in [1.82, 2.24) is 0 Å². The van der Waals surface area contributed by atoms with Gasteiger partial charge in [-0.2, -0.15) is 0 Å². The molecule has 0 heterocycles. The van der Waals surface area contributed by atoms with Gasteiger partial charge < -0.3 is 9.47 Å². The highest BCUT2D eigenvalue weighted by Gasteiger charge is 2.29. The zero-order valence-electron chi connectivity index (χ0n) is 12.5. The van der Waals surface area contributed by atoms with Gasteiger partial charge in [-0.15, -0.1) is 0 Å². The van der Waals surface area contributed by atoms with Crippen molar-refractivity contribution < 1.29 is 19.1 Å². The van der Waals surface area contributed by atoms with Gasteiger partial charge in [-0.25, -0.2) is 0 Å². The Morgan fingerprint density at radius 3 is 1.28 bits per heavy atom. The van der Waals surface area contributed by atoms with Gasteiger partial charge in [0.1, 0.15) is 11.2 Å². The molecule has 0 radical (unpaired) electrons. The Balaban J connectivity index is 4.28. The Hall–Kier alpha value is -1.06. The number of hydrogen-bond acceptors (Lipinski definition) is 4. The van der Waals surface area contributed by atoms with Crippen LogP contribution in [0.25, 0.3) is 0 Å². The van der Waals surface area contributed by atoms with Crippen molar-refractivity contribution in [3.05, 3.63) is 0 Å². The monoisotopic (exact) mass is 258 g/mol. The van der Waals surface area contributed by atoms with E-state index in [2.05, 4.69) is 0 Å². The van der Waals surface area contributed by atoms with Crippen molar-refractivity contribution in [3.8, 4) is 0 Å². The maximum Gasteiger partial charge on any atom is 0.306 e. The van der Waals surface area contributed by atoms with Gasteiger partial charge in [-0.05, 0) is 40.5 Å². The molecule has 4 nitrogen and oxygen atoms in total. The largest absolute Gasteiger partial charge is 0.460 e. The third kappa shape index (κ3) is 7.30. The molecule has 0 fully saturated rings. The second kappa shape index (κ2) is 6.76. The molecule has 0 aromatic rings. The maximum atomic E-state index is 11.3. The molecule has 0 aliphatic rings. The summed E-state index contributed by atoms with van der Waals surface area (Å²) in [5.41, 5.74) is -1.05. The Morgan fingerprint density at radius 2 is 1.06 bits per heavy atom. The predicted molar refractivity (Wildman–Crippen MR) is 70.2 cm³/mol. The van der Waals surface area contributed by atoms with Crippen LogP contribution in [-0.4, -0.2) is 23.1 Å². The molecule has 0 spiro atoms. The maximum absolute atomic E-state index is 11.3. The van der Waals surface area contributed by atoms with Crippen molar-refractivity contribution in [2.45, 2.75) is 78.4 Å². The minimum Gasteiger partial charge on any atom is -0.460 e. The highest BCUT2D eigenvalue weighted by Crippen LogP contribution is 2.25. The molecule has 106 valence electrons. The molecule has 0 saturated heterocycles. The number of hydrogen-bond donors (Lipinski definition) is 0. The van der Waals surface area contributed by atoms with Crippen LogP contribution < -0.4 is 0 Å². The Labute approximate surface area is 110 Å². The van der Waals surface area contributed by atoms with E-state index < -0.39 is 11.2 Å². The zero-order valence-corrected chi connectivity index (χ0v) is 12.5. The van der Waals surface area contributed by atoms with E-state index >= 15 is 0 Å². The Morgan fingerprint density at radius 1 is 0.778 bits per heavy atom. The molecule has 0 aliphatic carbocycles. The lowest BCUT2D eigenvalue weighted by Crippen LogP contribution is -2.34. The van der Waals surface area contributed by atoms with Crippen LogP contribution in [0, 0.1) is 0 Å². The minimum atomic E-state index is -0.525. The smallest absolute Gasteiger partial charge is 0.306 e. The normalized spacial score (nSPS) is 12.1. The van der Waals surface area contributed by atoms with Crippen LogP contribution in [0.1, 0.15) is 67.2 Å². The van der Waals surface area contributed by atoms with Crippen LogP contribution in [0.5, 0.6) is 0 Å². The fourth-order valence-corrected chi connectivity index (χ4v) is 1.46. The van der Waals surface area contributed by atoms with E-state index in [0.29, 0.717) is 25.7 Å². The third-order valence-corrected chi connectivity index (χ3v) is 2.69. The fourth-order valence-electron chi connectivity index (χ4n) is 1.46. The van der Waals surface area contributed by atoms with Crippen LogP contribution in [0.3, 0.4) is 0 Å². The molecule has 0 atom stereocenters. The van der Waals surface area contributed by atoms with Gasteiger partial charge in [0.25, 0.3) is 0 Å². The summed E-state index contributed by atoms with van der Waals surface area (Å²) in [6.45, 7) is 11.0. The van der Waals surface area contributed by atoms with Crippen LogP contribution >= 0.6 is 0 Å². The van der Waals surface area contributed by atoms with Crippen molar-refractivity contribution in [3.63, 3.8) is 0 Å². The fraction of sp³-hybridized carbons (Fsp3) is 0.857. The standard InChI is InChI=1S/C14H26O4/c1-7-11(15)17-13(3,4)9-10-14(5,6)18-12(16)8-2/h7-10H2,1-6H3. The second-order valence-corrected chi connectivity index (χ2v) is 5.67. The minimum absolute atomic E-state index is 0.205. The van der Waals surface area contributed by atoms with Gasteiger partial charge in [0.2, 0.25) is 0 Å². The summed E-state index contributed by atoms with van der Waals surface area (Å²) in [6.07, 6.45) is 2.06. The second-order valence-electron chi connectivity index (χ2n) is 5.67. The van der Waals surface area contributed by atoms with Crippen LogP contribution in [-0.2, 0) is 19.1 Å². The summed E-state index contributed by atoms with van der Waals surface area (Å²) in [5, 5.41) is 0. The Bertz CT molecular complexity index is 262. The summed E-state index contributed by atoms with van der Waals surface area (Å²) < 4.78 is 10.7. The summed E-state index contributed by atoms with van der Waals surface area (Å²) in [4.78, 5) is 22.5. The molecule has 0 bridgehead atoms. The number of carbonyl (C=O) groups is 2. The highest BCUT2D eigenvalue weighted by molar-refractivity contribution is 5.69. The highest BCUT2D eigenvalue weighted by atomic mass is 16.6. The van der Waals surface area contributed by atoms with Gasteiger partial charge >= 0.3 is 11.9 Å². The lowest BCUT2D eigenvalue weighted by atomic mass is 9.93. The van der Waals surface area contributed by atoms with Gasteiger partial charge in [-0.3, -0.25) is 9.59 Å². The number of rotatable bonds is 7. The summed E-state index contributed by atoms with van der Waals surface area (Å²) in [5.74, 6) is -0.410. The van der Waals surface area contributed by atoms with E-state index in [4.69, 9.17) is 9.47 Å². The molecule has 0 aromatic heterocycles. The van der Waals surface area contributed by atoms with Gasteiger partial charge in [0.05, 0.1) is 0 Å². The van der Waals surface area contributed by atoms with Crippen molar-refractivity contribution in [1.29, 1.82) is 0 Å². The van der Waals surface area contributed by atoms with Crippen LogP contribution in [0.15, 0.2) is 0 Å². The molecule has 0 unspecified atom stereocenters. The molecule has 0 aromatic carbocycles. The average Bonchev–Trinajstić information content (AvgIpc) is 2.25. The van der Waals surface area contributed by atoms with Crippen LogP contribution in [0.2, 0.25) is 0 Å². The van der Waals surface area contributed by atoms with Gasteiger partial charge in [-0.1, -0.05) is 13.8 Å². The first-order chi connectivity index (χ1) is 8.12. The molecule has 0 amide bonds. The topological polar surface area (TPSA) is 52.6 Å². The quantitative estimate of drug-likeness (QED) is 0.658. The van der Waals surface area contributed by atoms with E-state index in [9.17, 15) is 9.59 Å². The Kier molecular flexibility index (Phi) is 6.36. The number of ether oxygens (including phenoxy) is 2. The average molecular weight is 258 g/mol. The zero-order chi connectivity index (χ0) is 14.4. The summed E-state index contributed by atoms with van der Waals surface area (Å²) in [6, 6.07) is 0. The van der Waals surface area contributed by atoms with Crippen molar-refractivity contribution in [2.24, 2.45) is 0 Å². The van der Waals surface area contributed by atoms with E-state index in [0.717, 1.165) is 0 Å². The predicted octanol–water partition coefficient (Wildman–Crippen LogP) is 3.23. The van der Waals surface area contributed by atoms with Crippen molar-refractivity contribution in [2.75, 3.05) is 0 Å². The molecule has 0 saturated carbocycles. The van der Waals surface area contributed by atoms with E-state index in [1.165, 1.54) is 0 Å². The van der Waals surface area contributed by atoms with Gasteiger partial charge in [0.15, 0.2) is 0 Å². The number of esters is 2. The molecule has 0 rings (SSSR count). The van der Waals surface area contributed by atoms with E-state index in [-0.39, 0.29) is 11.9 Å². The number of carbonyl (C=O) groups excluding carboxylic acids is 2. The van der Waals surface area contributed by atoms with E-state index in [1.54, 1.807) is 13.8 Å².